The molecule has 1 heterocycles. The van der Waals surface area contributed by atoms with E-state index in [1.165, 1.54) is 0 Å². The van der Waals surface area contributed by atoms with E-state index in [1.54, 1.807) is 65.3 Å². The fourth-order valence-corrected chi connectivity index (χ4v) is 3.36. The summed E-state index contributed by atoms with van der Waals surface area (Å²) in [5, 5.41) is 0.610. The van der Waals surface area contributed by atoms with Gasteiger partial charge in [0.15, 0.2) is 12.7 Å². The smallest absolute Gasteiger partial charge is 0.263 e. The maximum atomic E-state index is 12.7. The lowest BCUT2D eigenvalue weighted by molar-refractivity contribution is -0.144. The van der Waals surface area contributed by atoms with Crippen LogP contribution >= 0.6 is 11.6 Å². The van der Waals surface area contributed by atoms with E-state index < -0.39 is 6.10 Å². The number of carbonyl (C=O) groups is 2. The van der Waals surface area contributed by atoms with E-state index in [-0.39, 0.29) is 18.4 Å². The van der Waals surface area contributed by atoms with Gasteiger partial charge >= 0.3 is 0 Å². The summed E-state index contributed by atoms with van der Waals surface area (Å²) < 4.78 is 16.7. The highest BCUT2D eigenvalue weighted by Crippen LogP contribution is 2.19. The average Bonchev–Trinajstić information content (AvgIpc) is 2.79. The van der Waals surface area contributed by atoms with Gasteiger partial charge in [-0.25, -0.2) is 0 Å². The number of hydrogen-bond donors (Lipinski definition) is 0. The first-order chi connectivity index (χ1) is 15.0. The monoisotopic (exact) mass is 446 g/mol. The lowest BCUT2D eigenvalue weighted by Crippen LogP contribution is -2.54. The van der Waals surface area contributed by atoms with Crippen LogP contribution in [0, 0.1) is 0 Å². The predicted octanol–water partition coefficient (Wildman–Crippen LogP) is 3.26. The van der Waals surface area contributed by atoms with Gasteiger partial charge in [-0.05, 0) is 62.4 Å². The number of hydrogen-bond acceptors (Lipinski definition) is 5. The Hall–Kier alpha value is -2.93. The normalized spacial score (nSPS) is 14.7. The molecular formula is C23H27ClN2O5. The van der Waals surface area contributed by atoms with Crippen LogP contribution in [0.3, 0.4) is 0 Å². The zero-order chi connectivity index (χ0) is 22.2. The van der Waals surface area contributed by atoms with E-state index in [9.17, 15) is 9.59 Å². The highest BCUT2D eigenvalue weighted by molar-refractivity contribution is 6.30. The first kappa shape index (κ1) is 22.7. The summed E-state index contributed by atoms with van der Waals surface area (Å²) in [6.07, 6.45) is -0.619. The second-order valence-electron chi connectivity index (χ2n) is 7.11. The van der Waals surface area contributed by atoms with Crippen molar-refractivity contribution in [1.29, 1.82) is 0 Å². The Kier molecular flexibility index (Phi) is 8.00. The molecule has 0 N–H and O–H groups in total. The molecule has 0 aromatic heterocycles. The Labute approximate surface area is 187 Å². The van der Waals surface area contributed by atoms with Crippen LogP contribution in [0.25, 0.3) is 0 Å². The molecule has 8 heteroatoms. The number of carbonyl (C=O) groups excluding carboxylic acids is 2. The van der Waals surface area contributed by atoms with Crippen molar-refractivity contribution in [3.8, 4) is 17.2 Å². The lowest BCUT2D eigenvalue weighted by atomic mass is 10.2. The van der Waals surface area contributed by atoms with Crippen LogP contribution in [-0.4, -0.2) is 67.1 Å². The summed E-state index contributed by atoms with van der Waals surface area (Å²) in [6, 6.07) is 14.1. The summed E-state index contributed by atoms with van der Waals surface area (Å²) >= 11 is 5.87. The number of halogens is 1. The van der Waals surface area contributed by atoms with Crippen LogP contribution in [0.1, 0.15) is 13.8 Å². The quantitative estimate of drug-likeness (QED) is 0.622. The minimum Gasteiger partial charge on any atom is -0.494 e. The SMILES string of the molecule is CCOc1ccc(OCC(=O)N2CCN(C(=O)C(C)Oc3ccc(Cl)cc3)CC2)cc1. The molecule has 31 heavy (non-hydrogen) atoms. The predicted molar refractivity (Wildman–Crippen MR) is 118 cm³/mol. The van der Waals surface area contributed by atoms with Gasteiger partial charge < -0.3 is 24.0 Å². The highest BCUT2D eigenvalue weighted by Gasteiger charge is 2.28. The first-order valence-corrected chi connectivity index (χ1v) is 10.7. The van der Waals surface area contributed by atoms with Gasteiger partial charge in [0.25, 0.3) is 11.8 Å². The van der Waals surface area contributed by atoms with E-state index in [4.69, 9.17) is 25.8 Å². The zero-order valence-electron chi connectivity index (χ0n) is 17.8. The van der Waals surface area contributed by atoms with Crippen LogP contribution in [0.4, 0.5) is 0 Å². The number of amides is 2. The number of rotatable bonds is 8. The molecule has 1 atom stereocenters. The van der Waals surface area contributed by atoms with Gasteiger partial charge in [0, 0.05) is 31.2 Å². The lowest BCUT2D eigenvalue weighted by Gasteiger charge is -2.35. The van der Waals surface area contributed by atoms with Crippen LogP contribution in [0.5, 0.6) is 17.2 Å². The summed E-state index contributed by atoms with van der Waals surface area (Å²) in [5.74, 6) is 1.75. The molecule has 2 amide bonds. The fourth-order valence-electron chi connectivity index (χ4n) is 3.24. The molecular weight excluding hydrogens is 420 g/mol. The van der Waals surface area contributed by atoms with Gasteiger partial charge in [-0.1, -0.05) is 11.6 Å². The maximum Gasteiger partial charge on any atom is 0.263 e. The van der Waals surface area contributed by atoms with Crippen LogP contribution < -0.4 is 14.2 Å². The van der Waals surface area contributed by atoms with Gasteiger partial charge in [0.1, 0.15) is 17.2 Å². The highest BCUT2D eigenvalue weighted by atomic mass is 35.5. The third-order valence-corrected chi connectivity index (χ3v) is 5.17. The molecule has 0 radical (unpaired) electrons. The zero-order valence-corrected chi connectivity index (χ0v) is 18.5. The average molecular weight is 447 g/mol. The van der Waals surface area contributed by atoms with E-state index in [1.807, 2.05) is 6.92 Å². The second kappa shape index (κ2) is 10.9. The number of ether oxygens (including phenoxy) is 3. The standard InChI is InChI=1S/C23H27ClN2O5/c1-3-29-19-8-10-20(11-9-19)30-16-22(27)25-12-14-26(15-13-25)23(28)17(2)31-21-6-4-18(24)5-7-21/h4-11,17H,3,12-16H2,1-2H3. The van der Waals surface area contributed by atoms with Crippen LogP contribution in [0.15, 0.2) is 48.5 Å². The Morgan fingerprint density at radius 1 is 0.871 bits per heavy atom. The summed E-state index contributed by atoms with van der Waals surface area (Å²) in [6.45, 7) is 6.04. The summed E-state index contributed by atoms with van der Waals surface area (Å²) in [5.41, 5.74) is 0. The third kappa shape index (κ3) is 6.52. The molecule has 166 valence electrons. The van der Waals surface area contributed by atoms with Gasteiger partial charge in [0.05, 0.1) is 6.61 Å². The topological polar surface area (TPSA) is 68.3 Å². The van der Waals surface area contributed by atoms with Crippen molar-refractivity contribution in [3.63, 3.8) is 0 Å². The van der Waals surface area contributed by atoms with E-state index in [0.29, 0.717) is 49.3 Å². The van der Waals surface area contributed by atoms with Crippen molar-refractivity contribution in [2.24, 2.45) is 0 Å². The van der Waals surface area contributed by atoms with Crippen molar-refractivity contribution < 1.29 is 23.8 Å². The second-order valence-corrected chi connectivity index (χ2v) is 7.55. The molecule has 1 aliphatic rings. The Morgan fingerprint density at radius 2 is 1.39 bits per heavy atom. The third-order valence-electron chi connectivity index (χ3n) is 4.92. The molecule has 0 bridgehead atoms. The van der Waals surface area contributed by atoms with Crippen LogP contribution in [-0.2, 0) is 9.59 Å². The number of piperazine rings is 1. The number of benzene rings is 2. The van der Waals surface area contributed by atoms with Gasteiger partial charge in [-0.3, -0.25) is 9.59 Å². The Bertz CT molecular complexity index is 865. The van der Waals surface area contributed by atoms with Crippen molar-refractivity contribution >= 4 is 23.4 Å². The van der Waals surface area contributed by atoms with Crippen molar-refractivity contribution in [1.82, 2.24) is 9.80 Å². The van der Waals surface area contributed by atoms with E-state index in [0.717, 1.165) is 5.75 Å². The molecule has 7 nitrogen and oxygen atoms in total. The van der Waals surface area contributed by atoms with Gasteiger partial charge in [-0.2, -0.15) is 0 Å². The molecule has 0 aliphatic carbocycles. The fraction of sp³-hybridized carbons (Fsp3) is 0.391. The van der Waals surface area contributed by atoms with Crippen LogP contribution in [0.2, 0.25) is 5.02 Å². The molecule has 3 rings (SSSR count). The first-order valence-electron chi connectivity index (χ1n) is 10.3. The minimum atomic E-state index is -0.619. The van der Waals surface area contributed by atoms with Gasteiger partial charge in [0.2, 0.25) is 0 Å². The van der Waals surface area contributed by atoms with E-state index in [2.05, 4.69) is 0 Å². The maximum absolute atomic E-state index is 12.7. The molecule has 0 spiro atoms. The number of nitrogens with zero attached hydrogens (tertiary/aromatic N) is 2. The molecule has 2 aromatic rings. The van der Waals surface area contributed by atoms with Gasteiger partial charge in [-0.15, -0.1) is 0 Å². The minimum absolute atomic E-state index is 0.0436. The molecule has 2 aromatic carbocycles. The Balaban J connectivity index is 1.42. The Morgan fingerprint density at radius 3 is 1.97 bits per heavy atom. The molecule has 1 saturated heterocycles. The molecule has 0 saturated carbocycles. The van der Waals surface area contributed by atoms with Crippen molar-refractivity contribution in [2.75, 3.05) is 39.4 Å². The van der Waals surface area contributed by atoms with Crippen molar-refractivity contribution in [3.05, 3.63) is 53.6 Å². The summed E-state index contributed by atoms with van der Waals surface area (Å²) in [7, 11) is 0. The molecule has 1 fully saturated rings. The molecule has 1 aliphatic heterocycles. The van der Waals surface area contributed by atoms with Crippen molar-refractivity contribution in [2.45, 2.75) is 20.0 Å². The van der Waals surface area contributed by atoms with E-state index >= 15 is 0 Å². The molecule has 1 unspecified atom stereocenters. The summed E-state index contributed by atoms with van der Waals surface area (Å²) in [4.78, 5) is 28.6. The largest absolute Gasteiger partial charge is 0.494 e.